The van der Waals surface area contributed by atoms with Crippen LogP contribution in [-0.2, 0) is 9.16 Å². The number of carbonyl (C=O) groups excluding carboxylic acids is 1. The van der Waals surface area contributed by atoms with Crippen LogP contribution >= 0.6 is 0 Å². The van der Waals surface area contributed by atoms with Gasteiger partial charge in [0, 0.05) is 18.9 Å². The van der Waals surface area contributed by atoms with Crippen LogP contribution in [0.3, 0.4) is 0 Å². The van der Waals surface area contributed by atoms with Crippen molar-refractivity contribution in [3.05, 3.63) is 133 Å². The molecule has 1 aliphatic carbocycles. The number of esters is 1. The molecule has 41 heavy (non-hydrogen) atoms. The van der Waals surface area contributed by atoms with Crippen molar-refractivity contribution in [3.8, 4) is 11.1 Å². The third-order valence-corrected chi connectivity index (χ3v) is 13.2. The highest BCUT2D eigenvalue weighted by molar-refractivity contribution is 6.99. The van der Waals surface area contributed by atoms with E-state index in [1.807, 2.05) is 54.6 Å². The molecule has 0 bridgehead atoms. The Morgan fingerprint density at radius 1 is 0.805 bits per heavy atom. The lowest BCUT2D eigenvalue weighted by Gasteiger charge is -2.43. The standard InChI is InChI=1S/C36H38O4Si/c1-26-32(25-39-41(36(2,3)4,30-16-10-6-11-17-30)31-18-12-7-13-19-31)34(24-33(26)37)40-35(38)29-22-20-28(21-23-29)27-14-8-5-9-15-27/h5-23,32-34,37H,1,24-25H2,2-4H3/t32-,33+,34-/m0/s1. The molecule has 4 aromatic carbocycles. The van der Waals surface area contributed by atoms with Gasteiger partial charge in [-0.15, -0.1) is 0 Å². The molecule has 5 heteroatoms. The van der Waals surface area contributed by atoms with Gasteiger partial charge in [-0.1, -0.05) is 130 Å². The minimum atomic E-state index is -2.80. The van der Waals surface area contributed by atoms with Crippen molar-refractivity contribution in [2.75, 3.05) is 6.61 Å². The van der Waals surface area contributed by atoms with Gasteiger partial charge in [0.05, 0.1) is 11.7 Å². The minimum Gasteiger partial charge on any atom is -0.458 e. The molecule has 0 heterocycles. The zero-order chi connectivity index (χ0) is 29.0. The van der Waals surface area contributed by atoms with Gasteiger partial charge in [0.15, 0.2) is 0 Å². The largest absolute Gasteiger partial charge is 0.458 e. The van der Waals surface area contributed by atoms with E-state index in [4.69, 9.17) is 9.16 Å². The van der Waals surface area contributed by atoms with E-state index in [2.05, 4.69) is 75.9 Å². The maximum absolute atomic E-state index is 13.2. The van der Waals surface area contributed by atoms with E-state index in [1.165, 1.54) is 10.4 Å². The van der Waals surface area contributed by atoms with E-state index in [9.17, 15) is 9.90 Å². The number of aliphatic hydroxyl groups is 1. The Kier molecular flexibility index (Phi) is 8.41. The quantitative estimate of drug-likeness (QED) is 0.154. The van der Waals surface area contributed by atoms with Crippen LogP contribution in [0.1, 0.15) is 37.6 Å². The second kappa shape index (κ2) is 12.0. The Morgan fingerprint density at radius 2 is 1.29 bits per heavy atom. The highest BCUT2D eigenvalue weighted by atomic mass is 28.4. The van der Waals surface area contributed by atoms with Gasteiger partial charge in [0.1, 0.15) is 6.10 Å². The lowest BCUT2D eigenvalue weighted by molar-refractivity contribution is 0.0145. The molecule has 210 valence electrons. The molecule has 1 fully saturated rings. The lowest BCUT2D eigenvalue weighted by Crippen LogP contribution is -2.67. The molecule has 1 aliphatic rings. The topological polar surface area (TPSA) is 55.8 Å². The van der Waals surface area contributed by atoms with Crippen molar-refractivity contribution in [2.24, 2.45) is 5.92 Å². The third kappa shape index (κ3) is 5.84. The Morgan fingerprint density at radius 3 is 1.80 bits per heavy atom. The van der Waals surface area contributed by atoms with Crippen LogP contribution in [0, 0.1) is 5.92 Å². The van der Waals surface area contributed by atoms with Gasteiger partial charge in [-0.25, -0.2) is 4.79 Å². The summed E-state index contributed by atoms with van der Waals surface area (Å²) in [7, 11) is -2.80. The molecule has 0 amide bonds. The number of rotatable bonds is 8. The first-order valence-corrected chi connectivity index (χ1v) is 16.1. The number of aliphatic hydroxyl groups excluding tert-OH is 1. The summed E-state index contributed by atoms with van der Waals surface area (Å²) in [4.78, 5) is 13.2. The first-order chi connectivity index (χ1) is 19.7. The number of carbonyl (C=O) groups is 1. The fourth-order valence-corrected chi connectivity index (χ4v) is 10.6. The third-order valence-electron chi connectivity index (χ3n) is 8.19. The molecule has 3 atom stereocenters. The molecular formula is C36H38O4Si. The highest BCUT2D eigenvalue weighted by Gasteiger charge is 2.51. The fraction of sp³-hybridized carbons (Fsp3) is 0.250. The van der Waals surface area contributed by atoms with Gasteiger partial charge in [-0.05, 0) is 44.2 Å². The van der Waals surface area contributed by atoms with Gasteiger partial charge in [0.2, 0.25) is 0 Å². The summed E-state index contributed by atoms with van der Waals surface area (Å²) in [5, 5.41) is 12.9. The van der Waals surface area contributed by atoms with Crippen LogP contribution < -0.4 is 10.4 Å². The van der Waals surface area contributed by atoms with E-state index in [0.29, 0.717) is 24.2 Å². The van der Waals surface area contributed by atoms with Crippen LogP contribution in [0.15, 0.2) is 127 Å². The summed E-state index contributed by atoms with van der Waals surface area (Å²) in [6, 6.07) is 38.4. The Hall–Kier alpha value is -3.77. The van der Waals surface area contributed by atoms with E-state index >= 15 is 0 Å². The van der Waals surface area contributed by atoms with Crippen molar-refractivity contribution in [2.45, 2.75) is 44.4 Å². The SMILES string of the molecule is C=C1[C@H](O)C[C@H](OC(=O)c2ccc(-c3ccccc3)cc2)[C@H]1CO[Si](c1ccccc1)(c1ccccc1)C(C)(C)C. The van der Waals surface area contributed by atoms with Crippen LogP contribution in [0.2, 0.25) is 5.04 Å². The molecule has 0 radical (unpaired) electrons. The zero-order valence-electron chi connectivity index (χ0n) is 24.0. The maximum Gasteiger partial charge on any atom is 0.338 e. The maximum atomic E-state index is 13.2. The van der Waals surface area contributed by atoms with Gasteiger partial charge >= 0.3 is 5.97 Å². The first kappa shape index (κ1) is 28.7. The summed E-state index contributed by atoms with van der Waals surface area (Å²) in [6.45, 7) is 11.2. The zero-order valence-corrected chi connectivity index (χ0v) is 25.0. The summed E-state index contributed by atoms with van der Waals surface area (Å²) < 4.78 is 13.2. The molecule has 1 N–H and O–H groups in total. The van der Waals surface area contributed by atoms with Gasteiger partial charge in [-0.3, -0.25) is 0 Å². The molecule has 0 aliphatic heterocycles. The van der Waals surface area contributed by atoms with Crippen LogP contribution in [0.4, 0.5) is 0 Å². The highest BCUT2D eigenvalue weighted by Crippen LogP contribution is 2.40. The van der Waals surface area contributed by atoms with Crippen molar-refractivity contribution >= 4 is 24.7 Å². The van der Waals surface area contributed by atoms with Crippen molar-refractivity contribution in [3.63, 3.8) is 0 Å². The van der Waals surface area contributed by atoms with Gasteiger partial charge in [-0.2, -0.15) is 0 Å². The van der Waals surface area contributed by atoms with E-state index in [1.54, 1.807) is 12.1 Å². The molecule has 4 aromatic rings. The molecule has 0 aromatic heterocycles. The summed E-state index contributed by atoms with van der Waals surface area (Å²) in [6.07, 6.45) is -0.973. The monoisotopic (exact) mass is 562 g/mol. The summed E-state index contributed by atoms with van der Waals surface area (Å²) in [5.41, 5.74) is 3.25. The predicted octanol–water partition coefficient (Wildman–Crippen LogP) is 6.39. The van der Waals surface area contributed by atoms with E-state index in [-0.39, 0.29) is 11.0 Å². The van der Waals surface area contributed by atoms with Crippen LogP contribution in [0.5, 0.6) is 0 Å². The predicted molar refractivity (Wildman–Crippen MR) is 168 cm³/mol. The second-order valence-electron chi connectivity index (χ2n) is 11.8. The average Bonchev–Trinajstić information content (AvgIpc) is 3.25. The fourth-order valence-electron chi connectivity index (χ4n) is 5.98. The molecular weight excluding hydrogens is 524 g/mol. The van der Waals surface area contributed by atoms with Crippen molar-refractivity contribution in [1.29, 1.82) is 0 Å². The molecule has 0 spiro atoms. The van der Waals surface area contributed by atoms with E-state index in [0.717, 1.165) is 11.1 Å². The minimum absolute atomic E-state index is 0.194. The molecule has 4 nitrogen and oxygen atoms in total. The number of ether oxygens (including phenoxy) is 1. The first-order valence-electron chi connectivity index (χ1n) is 14.2. The van der Waals surface area contributed by atoms with Gasteiger partial charge in [0.25, 0.3) is 8.32 Å². The van der Waals surface area contributed by atoms with Crippen molar-refractivity contribution < 1.29 is 19.1 Å². The van der Waals surface area contributed by atoms with Crippen LogP contribution in [0.25, 0.3) is 11.1 Å². The lowest BCUT2D eigenvalue weighted by atomic mass is 10.0. The normalized spacial score (nSPS) is 19.2. The summed E-state index contributed by atoms with van der Waals surface area (Å²) >= 11 is 0. The number of hydrogen-bond acceptors (Lipinski definition) is 4. The molecule has 0 saturated heterocycles. The average molecular weight is 563 g/mol. The molecule has 1 saturated carbocycles. The van der Waals surface area contributed by atoms with Gasteiger partial charge < -0.3 is 14.3 Å². The summed E-state index contributed by atoms with van der Waals surface area (Å²) in [5.74, 6) is -0.730. The molecule has 0 unspecified atom stereocenters. The number of benzene rings is 4. The smallest absolute Gasteiger partial charge is 0.338 e. The number of hydrogen-bond donors (Lipinski definition) is 1. The Bertz CT molecular complexity index is 1420. The Labute approximate surface area is 244 Å². The van der Waals surface area contributed by atoms with Crippen molar-refractivity contribution in [1.82, 2.24) is 0 Å². The van der Waals surface area contributed by atoms with Crippen LogP contribution in [-0.4, -0.2) is 38.2 Å². The molecule has 5 rings (SSSR count). The van der Waals surface area contributed by atoms with E-state index < -0.39 is 26.5 Å². The second-order valence-corrected chi connectivity index (χ2v) is 16.1. The Balaban J connectivity index is 1.39.